The summed E-state index contributed by atoms with van der Waals surface area (Å²) in [5.74, 6) is -0.332. The number of nitrogens with zero attached hydrogens (tertiary/aromatic N) is 2. The first-order chi connectivity index (χ1) is 16.1. The molecule has 0 spiro atoms. The van der Waals surface area contributed by atoms with Gasteiger partial charge in [-0.1, -0.05) is 48.5 Å². The molecule has 0 fully saturated rings. The maximum atomic E-state index is 12.5. The summed E-state index contributed by atoms with van der Waals surface area (Å²) in [6.45, 7) is 2.48. The zero-order valence-corrected chi connectivity index (χ0v) is 19.0. The molecule has 7 heteroatoms. The van der Waals surface area contributed by atoms with Gasteiger partial charge >= 0.3 is 0 Å². The molecule has 0 radical (unpaired) electrons. The molecule has 4 rings (SSSR count). The number of hydrogen-bond acceptors (Lipinski definition) is 4. The Balaban J connectivity index is 1.45. The second kappa shape index (κ2) is 10.6. The van der Waals surface area contributed by atoms with Crippen LogP contribution in [0.15, 0.2) is 84.4 Å². The van der Waals surface area contributed by atoms with Gasteiger partial charge in [0.15, 0.2) is 0 Å². The molecular formula is C26H24N4O2S. The average molecular weight is 457 g/mol. The first-order valence-electron chi connectivity index (χ1n) is 10.5. The van der Waals surface area contributed by atoms with Crippen molar-refractivity contribution in [1.82, 2.24) is 15.1 Å². The van der Waals surface area contributed by atoms with E-state index in [1.165, 1.54) is 13.0 Å². The molecule has 4 aromatic rings. The minimum Gasteiger partial charge on any atom is -0.348 e. The van der Waals surface area contributed by atoms with E-state index < -0.39 is 0 Å². The Hall–Kier alpha value is -3.97. The minimum absolute atomic E-state index is 0.131. The van der Waals surface area contributed by atoms with Crippen LogP contribution in [0.3, 0.4) is 0 Å². The van der Waals surface area contributed by atoms with Gasteiger partial charge in [-0.2, -0.15) is 5.10 Å². The smallest absolute Gasteiger partial charge is 0.244 e. The molecule has 6 nitrogen and oxygen atoms in total. The highest BCUT2D eigenvalue weighted by atomic mass is 32.1. The summed E-state index contributed by atoms with van der Waals surface area (Å²) in [6.07, 6.45) is 5.29. The Morgan fingerprint density at radius 1 is 1.03 bits per heavy atom. The molecule has 2 aromatic heterocycles. The van der Waals surface area contributed by atoms with Crippen LogP contribution >= 0.6 is 11.3 Å². The van der Waals surface area contributed by atoms with Crippen molar-refractivity contribution in [3.8, 4) is 10.6 Å². The molecule has 0 unspecified atom stereocenters. The lowest BCUT2D eigenvalue weighted by Gasteiger charge is -2.06. The highest BCUT2D eigenvalue weighted by Gasteiger charge is 2.11. The number of benzene rings is 2. The summed E-state index contributed by atoms with van der Waals surface area (Å²) in [7, 11) is 0. The molecule has 0 aliphatic carbocycles. The summed E-state index contributed by atoms with van der Waals surface area (Å²) in [6, 6.07) is 21.6. The monoisotopic (exact) mass is 456 g/mol. The summed E-state index contributed by atoms with van der Waals surface area (Å²) in [5, 5.41) is 12.4. The van der Waals surface area contributed by atoms with E-state index in [2.05, 4.69) is 22.8 Å². The molecule has 166 valence electrons. The molecule has 2 heterocycles. The van der Waals surface area contributed by atoms with E-state index in [9.17, 15) is 9.59 Å². The van der Waals surface area contributed by atoms with Gasteiger partial charge in [0.25, 0.3) is 0 Å². The van der Waals surface area contributed by atoms with Crippen LogP contribution in [0, 0.1) is 0 Å². The second-order valence-electron chi connectivity index (χ2n) is 7.53. The van der Waals surface area contributed by atoms with Crippen molar-refractivity contribution in [2.45, 2.75) is 20.0 Å². The van der Waals surface area contributed by atoms with Gasteiger partial charge in [-0.05, 0) is 40.8 Å². The molecule has 0 bridgehead atoms. The fraction of sp³-hybridized carbons (Fsp3) is 0.115. The van der Waals surface area contributed by atoms with E-state index >= 15 is 0 Å². The first kappa shape index (κ1) is 22.2. The standard InChI is InChI=1S/C26H24N4O2S/c1-19(31)28-23-10-5-9-21(15-23)16-27-25(32)13-12-22-18-30(17-20-7-3-2-4-8-20)29-26(22)24-11-6-14-33-24/h2-15,18H,16-17H2,1H3,(H,27,32)(H,28,31). The van der Waals surface area contributed by atoms with Crippen LogP contribution < -0.4 is 10.6 Å². The van der Waals surface area contributed by atoms with Crippen molar-refractivity contribution in [3.05, 3.63) is 101 Å². The minimum atomic E-state index is -0.201. The number of aromatic nitrogens is 2. The number of nitrogens with one attached hydrogen (secondary N) is 2. The van der Waals surface area contributed by atoms with E-state index in [1.807, 2.05) is 70.9 Å². The summed E-state index contributed by atoms with van der Waals surface area (Å²) < 4.78 is 1.90. The molecule has 0 atom stereocenters. The van der Waals surface area contributed by atoms with E-state index in [0.29, 0.717) is 18.8 Å². The summed E-state index contributed by atoms with van der Waals surface area (Å²) in [4.78, 5) is 24.7. The van der Waals surface area contributed by atoms with E-state index in [4.69, 9.17) is 5.10 Å². The Morgan fingerprint density at radius 3 is 2.61 bits per heavy atom. The van der Waals surface area contributed by atoms with E-state index in [-0.39, 0.29) is 11.8 Å². The Morgan fingerprint density at radius 2 is 1.85 bits per heavy atom. The molecule has 0 saturated heterocycles. The van der Waals surface area contributed by atoms with Gasteiger partial charge in [-0.3, -0.25) is 14.3 Å². The number of hydrogen-bond donors (Lipinski definition) is 2. The topological polar surface area (TPSA) is 76.0 Å². The molecule has 0 aliphatic heterocycles. The van der Waals surface area contributed by atoms with Crippen LogP contribution in [-0.4, -0.2) is 21.6 Å². The largest absolute Gasteiger partial charge is 0.348 e. The molecular weight excluding hydrogens is 432 g/mol. The number of amides is 2. The van der Waals surface area contributed by atoms with Crippen LogP contribution in [-0.2, 0) is 22.7 Å². The van der Waals surface area contributed by atoms with Crippen molar-refractivity contribution in [1.29, 1.82) is 0 Å². The molecule has 33 heavy (non-hydrogen) atoms. The quantitative estimate of drug-likeness (QED) is 0.369. The third-order valence-corrected chi connectivity index (χ3v) is 5.74. The molecule has 0 aliphatic rings. The van der Waals surface area contributed by atoms with Crippen molar-refractivity contribution in [2.75, 3.05) is 5.32 Å². The number of thiophene rings is 1. The van der Waals surface area contributed by atoms with Crippen molar-refractivity contribution < 1.29 is 9.59 Å². The molecule has 2 aromatic carbocycles. The van der Waals surface area contributed by atoms with Gasteiger partial charge < -0.3 is 10.6 Å². The fourth-order valence-corrected chi connectivity index (χ4v) is 4.12. The van der Waals surface area contributed by atoms with Crippen molar-refractivity contribution >= 4 is 34.9 Å². The molecule has 2 amide bonds. The van der Waals surface area contributed by atoms with Crippen LogP contribution in [0.1, 0.15) is 23.6 Å². The van der Waals surface area contributed by atoms with Crippen LogP contribution in [0.5, 0.6) is 0 Å². The zero-order chi connectivity index (χ0) is 23.0. The van der Waals surface area contributed by atoms with Gasteiger partial charge in [0, 0.05) is 37.0 Å². The number of carbonyl (C=O) groups is 2. The third kappa shape index (κ3) is 6.27. The number of anilines is 1. The first-order valence-corrected chi connectivity index (χ1v) is 11.4. The average Bonchev–Trinajstić information content (AvgIpc) is 3.47. The third-order valence-electron chi connectivity index (χ3n) is 4.86. The van der Waals surface area contributed by atoms with Gasteiger partial charge in [0.05, 0.1) is 11.4 Å². The lowest BCUT2D eigenvalue weighted by Crippen LogP contribution is -2.20. The number of carbonyl (C=O) groups excluding carboxylic acids is 2. The summed E-state index contributed by atoms with van der Waals surface area (Å²) >= 11 is 1.62. The predicted molar refractivity (Wildman–Crippen MR) is 133 cm³/mol. The Labute approximate surface area is 196 Å². The Kier molecular flexibility index (Phi) is 7.12. The zero-order valence-electron chi connectivity index (χ0n) is 18.2. The number of rotatable bonds is 8. The lowest BCUT2D eigenvalue weighted by molar-refractivity contribution is -0.116. The lowest BCUT2D eigenvalue weighted by atomic mass is 10.2. The van der Waals surface area contributed by atoms with Crippen LogP contribution in [0.4, 0.5) is 5.69 Å². The highest BCUT2D eigenvalue weighted by molar-refractivity contribution is 7.13. The van der Waals surface area contributed by atoms with E-state index in [1.54, 1.807) is 17.4 Å². The van der Waals surface area contributed by atoms with Gasteiger partial charge in [0.1, 0.15) is 5.69 Å². The molecule has 0 saturated carbocycles. The van der Waals surface area contributed by atoms with Crippen molar-refractivity contribution in [2.24, 2.45) is 0 Å². The van der Waals surface area contributed by atoms with Crippen LogP contribution in [0.25, 0.3) is 16.6 Å². The fourth-order valence-electron chi connectivity index (χ4n) is 3.39. The normalized spacial score (nSPS) is 10.9. The van der Waals surface area contributed by atoms with Gasteiger partial charge in [0.2, 0.25) is 11.8 Å². The Bertz CT molecular complexity index is 1260. The highest BCUT2D eigenvalue weighted by Crippen LogP contribution is 2.27. The van der Waals surface area contributed by atoms with E-state index in [0.717, 1.165) is 27.3 Å². The van der Waals surface area contributed by atoms with Crippen LogP contribution in [0.2, 0.25) is 0 Å². The maximum Gasteiger partial charge on any atom is 0.244 e. The predicted octanol–water partition coefficient (Wildman–Crippen LogP) is 4.95. The maximum absolute atomic E-state index is 12.5. The van der Waals surface area contributed by atoms with Gasteiger partial charge in [-0.25, -0.2) is 0 Å². The second-order valence-corrected chi connectivity index (χ2v) is 8.47. The van der Waals surface area contributed by atoms with Crippen molar-refractivity contribution in [3.63, 3.8) is 0 Å². The SMILES string of the molecule is CC(=O)Nc1cccc(CNC(=O)C=Cc2cn(Cc3ccccc3)nc2-c2cccs2)c1. The molecule has 2 N–H and O–H groups in total. The van der Waals surface area contributed by atoms with Gasteiger partial charge in [-0.15, -0.1) is 11.3 Å². The summed E-state index contributed by atoms with van der Waals surface area (Å²) in [5.41, 5.74) is 4.51.